The average Bonchev–Trinajstić information content (AvgIpc) is 2.84. The molecule has 2 aromatic carbocycles. The van der Waals surface area contributed by atoms with Gasteiger partial charge in [0.05, 0.1) is 22.9 Å². The molecule has 33 heavy (non-hydrogen) atoms. The molecule has 174 valence electrons. The zero-order valence-electron chi connectivity index (χ0n) is 17.9. The fourth-order valence-electron chi connectivity index (χ4n) is 3.51. The number of hydrogen-bond acceptors (Lipinski definition) is 6. The van der Waals surface area contributed by atoms with E-state index in [0.29, 0.717) is 18.8 Å². The Bertz CT molecular complexity index is 1140. The fourth-order valence-corrected chi connectivity index (χ4v) is 5.07. The first kappa shape index (κ1) is 24.4. The van der Waals surface area contributed by atoms with Gasteiger partial charge in [0.1, 0.15) is 5.82 Å². The largest absolute Gasteiger partial charge is 0.452 e. The molecule has 1 aliphatic rings. The summed E-state index contributed by atoms with van der Waals surface area (Å²) in [6.45, 7) is 0.299. The summed E-state index contributed by atoms with van der Waals surface area (Å²) < 4.78 is 45.4. The van der Waals surface area contributed by atoms with Gasteiger partial charge in [-0.25, -0.2) is 17.6 Å². The molecule has 10 heteroatoms. The number of amides is 1. The summed E-state index contributed by atoms with van der Waals surface area (Å²) in [5, 5.41) is 8.85. The number of rotatable bonds is 8. The lowest BCUT2D eigenvalue weighted by molar-refractivity contribution is -0.121. The first-order chi connectivity index (χ1) is 15.8. The number of nitriles is 1. The molecule has 3 rings (SSSR count). The number of halogens is 1. The van der Waals surface area contributed by atoms with Crippen LogP contribution >= 0.6 is 0 Å². The van der Waals surface area contributed by atoms with Gasteiger partial charge < -0.3 is 9.64 Å². The Morgan fingerprint density at radius 2 is 1.79 bits per heavy atom. The van der Waals surface area contributed by atoms with Gasteiger partial charge in [0.25, 0.3) is 5.91 Å². The van der Waals surface area contributed by atoms with Crippen LogP contribution in [0.15, 0.2) is 53.4 Å². The number of anilines is 1. The number of benzene rings is 2. The Labute approximate surface area is 192 Å². The van der Waals surface area contributed by atoms with Gasteiger partial charge in [0.2, 0.25) is 10.0 Å². The van der Waals surface area contributed by atoms with E-state index >= 15 is 0 Å². The summed E-state index contributed by atoms with van der Waals surface area (Å²) in [7, 11) is -3.72. The van der Waals surface area contributed by atoms with E-state index in [0.717, 1.165) is 19.3 Å². The molecule has 2 aromatic rings. The van der Waals surface area contributed by atoms with E-state index in [4.69, 9.17) is 10.00 Å². The van der Waals surface area contributed by atoms with Gasteiger partial charge in [-0.2, -0.15) is 9.57 Å². The van der Waals surface area contributed by atoms with Crippen LogP contribution in [-0.4, -0.2) is 50.8 Å². The van der Waals surface area contributed by atoms with Crippen molar-refractivity contribution in [2.45, 2.75) is 30.6 Å². The third-order valence-corrected chi connectivity index (χ3v) is 7.13. The minimum atomic E-state index is -3.72. The molecule has 1 heterocycles. The van der Waals surface area contributed by atoms with Crippen molar-refractivity contribution < 1.29 is 27.1 Å². The Morgan fingerprint density at radius 1 is 1.09 bits per heavy atom. The average molecular weight is 474 g/mol. The maximum atomic E-state index is 13.2. The number of hydrogen-bond donors (Lipinski definition) is 0. The minimum Gasteiger partial charge on any atom is -0.452 e. The molecular formula is C23H24FN3O5S. The monoisotopic (exact) mass is 473 g/mol. The van der Waals surface area contributed by atoms with Crippen LogP contribution in [0.5, 0.6) is 0 Å². The van der Waals surface area contributed by atoms with E-state index < -0.39 is 34.3 Å². The van der Waals surface area contributed by atoms with Gasteiger partial charge in [-0.3, -0.25) is 4.79 Å². The van der Waals surface area contributed by atoms with Crippen LogP contribution in [-0.2, 0) is 19.6 Å². The van der Waals surface area contributed by atoms with Crippen LogP contribution in [0.1, 0.15) is 36.0 Å². The summed E-state index contributed by atoms with van der Waals surface area (Å²) in [6.07, 6.45) is 2.60. The number of ether oxygens (including phenoxy) is 1. The molecule has 1 fully saturated rings. The molecule has 0 bridgehead atoms. The Hall–Kier alpha value is -3.29. The van der Waals surface area contributed by atoms with E-state index in [1.54, 1.807) is 0 Å². The van der Waals surface area contributed by atoms with Gasteiger partial charge >= 0.3 is 5.97 Å². The van der Waals surface area contributed by atoms with Crippen molar-refractivity contribution >= 4 is 27.6 Å². The summed E-state index contributed by atoms with van der Waals surface area (Å²) in [5.41, 5.74) is 0.369. The highest BCUT2D eigenvalue weighted by atomic mass is 32.2. The molecular weight excluding hydrogens is 449 g/mol. The smallest absolute Gasteiger partial charge is 0.338 e. The van der Waals surface area contributed by atoms with E-state index in [-0.39, 0.29) is 23.4 Å². The predicted molar refractivity (Wildman–Crippen MR) is 118 cm³/mol. The van der Waals surface area contributed by atoms with Crippen molar-refractivity contribution in [3.63, 3.8) is 0 Å². The highest BCUT2D eigenvalue weighted by Crippen LogP contribution is 2.22. The zero-order valence-corrected chi connectivity index (χ0v) is 18.8. The van der Waals surface area contributed by atoms with Crippen LogP contribution in [0, 0.1) is 17.1 Å². The molecule has 0 radical (unpaired) electrons. The van der Waals surface area contributed by atoms with Gasteiger partial charge in [0.15, 0.2) is 6.61 Å². The Morgan fingerprint density at radius 3 is 2.45 bits per heavy atom. The molecule has 1 aliphatic heterocycles. The molecule has 1 saturated heterocycles. The number of nitrogens with zero attached hydrogens (tertiary/aromatic N) is 3. The number of esters is 1. The van der Waals surface area contributed by atoms with Crippen LogP contribution in [0.3, 0.4) is 0 Å². The van der Waals surface area contributed by atoms with Crippen molar-refractivity contribution in [1.82, 2.24) is 4.31 Å². The molecule has 0 N–H and O–H groups in total. The Balaban J connectivity index is 1.69. The lowest BCUT2D eigenvalue weighted by Crippen LogP contribution is -2.36. The van der Waals surface area contributed by atoms with E-state index in [1.165, 1.54) is 57.7 Å². The highest BCUT2D eigenvalue weighted by molar-refractivity contribution is 7.89. The maximum Gasteiger partial charge on any atom is 0.338 e. The normalized spacial score (nSPS) is 14.3. The first-order valence-corrected chi connectivity index (χ1v) is 12.0. The fraction of sp³-hybridized carbons (Fsp3) is 0.348. The van der Waals surface area contributed by atoms with Crippen molar-refractivity contribution in [1.29, 1.82) is 5.26 Å². The lowest BCUT2D eigenvalue weighted by Gasteiger charge is -2.26. The maximum absolute atomic E-state index is 13.2. The topological polar surface area (TPSA) is 108 Å². The second kappa shape index (κ2) is 11.0. The quantitative estimate of drug-likeness (QED) is 0.545. The van der Waals surface area contributed by atoms with Gasteiger partial charge in [-0.1, -0.05) is 12.5 Å². The van der Waals surface area contributed by atoms with Gasteiger partial charge in [0, 0.05) is 25.3 Å². The second-order valence-corrected chi connectivity index (χ2v) is 9.44. The lowest BCUT2D eigenvalue weighted by atomic mass is 10.2. The summed E-state index contributed by atoms with van der Waals surface area (Å²) >= 11 is 0. The molecule has 8 nitrogen and oxygen atoms in total. The molecule has 0 saturated carbocycles. The molecule has 0 aromatic heterocycles. The van der Waals surface area contributed by atoms with Crippen molar-refractivity contribution in [3.05, 3.63) is 59.9 Å². The van der Waals surface area contributed by atoms with Crippen LogP contribution in [0.2, 0.25) is 0 Å². The standard InChI is InChI=1S/C23H24FN3O5S/c24-19-8-10-20(11-9-19)27(15-5-12-25)22(28)17-32-23(29)18-6-4-7-21(16-18)33(30,31)26-13-2-1-3-14-26/h4,6-11,16H,1-3,5,13-15,17H2. The van der Waals surface area contributed by atoms with Crippen LogP contribution in [0.25, 0.3) is 0 Å². The highest BCUT2D eigenvalue weighted by Gasteiger charge is 2.27. The van der Waals surface area contributed by atoms with Crippen molar-refractivity contribution in [3.8, 4) is 6.07 Å². The number of sulfonamides is 1. The number of carbonyl (C=O) groups excluding carboxylic acids is 2. The van der Waals surface area contributed by atoms with Gasteiger partial charge in [-0.15, -0.1) is 0 Å². The summed E-state index contributed by atoms with van der Waals surface area (Å²) in [6, 6.07) is 12.6. The molecule has 0 atom stereocenters. The zero-order chi connectivity index (χ0) is 23.8. The van der Waals surface area contributed by atoms with Crippen molar-refractivity contribution in [2.75, 3.05) is 31.1 Å². The molecule has 0 spiro atoms. The minimum absolute atomic E-state index is 0.00578. The van der Waals surface area contributed by atoms with E-state index in [9.17, 15) is 22.4 Å². The molecule has 0 unspecified atom stereocenters. The number of carbonyl (C=O) groups is 2. The van der Waals surface area contributed by atoms with Crippen molar-refractivity contribution in [2.24, 2.45) is 0 Å². The SMILES string of the molecule is N#CCCN(C(=O)COC(=O)c1cccc(S(=O)(=O)N2CCCCC2)c1)c1ccc(F)cc1. The molecule has 1 amide bonds. The third-order valence-electron chi connectivity index (χ3n) is 5.24. The van der Waals surface area contributed by atoms with Crippen LogP contribution in [0.4, 0.5) is 10.1 Å². The third kappa shape index (κ3) is 6.15. The summed E-state index contributed by atoms with van der Waals surface area (Å²) in [4.78, 5) is 26.4. The number of piperidine rings is 1. The van der Waals surface area contributed by atoms with Gasteiger partial charge in [-0.05, 0) is 55.3 Å². The predicted octanol–water partition coefficient (Wildman–Crippen LogP) is 3.10. The second-order valence-electron chi connectivity index (χ2n) is 7.50. The Kier molecular flexibility index (Phi) is 8.14. The summed E-state index contributed by atoms with van der Waals surface area (Å²) in [5.74, 6) is -1.92. The van der Waals surface area contributed by atoms with Crippen LogP contribution < -0.4 is 4.90 Å². The molecule has 0 aliphatic carbocycles. The van der Waals surface area contributed by atoms with E-state index in [2.05, 4.69) is 0 Å². The van der Waals surface area contributed by atoms with E-state index in [1.807, 2.05) is 6.07 Å². The first-order valence-electron chi connectivity index (χ1n) is 10.5.